The van der Waals surface area contributed by atoms with Crippen LogP contribution in [0.4, 0.5) is 4.79 Å². The number of fused-ring (bicyclic) bond motifs is 2. The van der Waals surface area contributed by atoms with E-state index in [-0.39, 0.29) is 6.04 Å². The van der Waals surface area contributed by atoms with Crippen LogP contribution in [0.3, 0.4) is 0 Å². The Bertz CT molecular complexity index is 426. The molecule has 0 bridgehead atoms. The zero-order chi connectivity index (χ0) is 16.1. The molecule has 0 aromatic heterocycles. The number of rotatable bonds is 1. The molecule has 2 heterocycles. The van der Waals surface area contributed by atoms with Gasteiger partial charge in [0.25, 0.3) is 0 Å². The van der Waals surface area contributed by atoms with Gasteiger partial charge in [0, 0.05) is 31.2 Å². The Labute approximate surface area is 139 Å². The number of amides is 1. The highest BCUT2D eigenvalue weighted by Gasteiger charge is 2.36. The number of allylic oxidation sites excluding steroid dienone is 1. The second-order valence-electron chi connectivity index (χ2n) is 7.42. The molecule has 130 valence electrons. The normalized spacial score (nSPS) is 36.3. The van der Waals surface area contributed by atoms with Gasteiger partial charge in [-0.1, -0.05) is 25.0 Å². The molecular weight excluding hydrogens is 290 g/mol. The first-order chi connectivity index (χ1) is 11.2. The van der Waals surface area contributed by atoms with Crippen LogP contribution in [0.15, 0.2) is 12.2 Å². The standard InChI is InChI=1S/C18H31N3O2/c22-18(23)20-15-8-5-3-1-2-4-7-14-11-17(14)19-12-16-9-6-10-21(16)13-15/h4,7,14-17,19-20H,1-3,5-6,8-13H2,(H,22,23). The van der Waals surface area contributed by atoms with E-state index in [0.717, 1.165) is 44.8 Å². The molecule has 4 atom stereocenters. The molecule has 1 aliphatic carbocycles. The van der Waals surface area contributed by atoms with Crippen LogP contribution in [0, 0.1) is 5.92 Å². The average Bonchev–Trinajstić information content (AvgIpc) is 3.11. The highest BCUT2D eigenvalue weighted by molar-refractivity contribution is 5.64. The lowest BCUT2D eigenvalue weighted by Gasteiger charge is -2.29. The summed E-state index contributed by atoms with van der Waals surface area (Å²) in [7, 11) is 0. The van der Waals surface area contributed by atoms with Gasteiger partial charge in [0.2, 0.25) is 0 Å². The fourth-order valence-corrected chi connectivity index (χ4v) is 4.08. The van der Waals surface area contributed by atoms with E-state index in [1.54, 1.807) is 0 Å². The molecule has 2 fully saturated rings. The van der Waals surface area contributed by atoms with Gasteiger partial charge in [-0.3, -0.25) is 4.90 Å². The molecule has 3 aliphatic rings. The second-order valence-corrected chi connectivity index (χ2v) is 7.42. The molecule has 1 saturated heterocycles. The van der Waals surface area contributed by atoms with E-state index in [1.165, 1.54) is 32.1 Å². The van der Waals surface area contributed by atoms with Crippen molar-refractivity contribution < 1.29 is 9.90 Å². The van der Waals surface area contributed by atoms with Crippen molar-refractivity contribution in [1.29, 1.82) is 0 Å². The van der Waals surface area contributed by atoms with E-state index in [9.17, 15) is 4.79 Å². The van der Waals surface area contributed by atoms with Gasteiger partial charge in [-0.15, -0.1) is 0 Å². The number of nitrogens with one attached hydrogen (secondary N) is 2. The van der Waals surface area contributed by atoms with E-state index in [4.69, 9.17) is 5.11 Å². The summed E-state index contributed by atoms with van der Waals surface area (Å²) in [5.74, 6) is 0.747. The molecule has 5 nitrogen and oxygen atoms in total. The topological polar surface area (TPSA) is 64.6 Å². The number of hydrogen-bond acceptors (Lipinski definition) is 3. The van der Waals surface area contributed by atoms with Gasteiger partial charge in [-0.25, -0.2) is 4.79 Å². The van der Waals surface area contributed by atoms with Crippen LogP contribution in [0.25, 0.3) is 0 Å². The monoisotopic (exact) mass is 321 g/mol. The van der Waals surface area contributed by atoms with E-state index >= 15 is 0 Å². The summed E-state index contributed by atoms with van der Waals surface area (Å²) in [5, 5.41) is 15.6. The first-order valence-electron chi connectivity index (χ1n) is 9.36. The minimum absolute atomic E-state index is 0.0717. The summed E-state index contributed by atoms with van der Waals surface area (Å²) >= 11 is 0. The van der Waals surface area contributed by atoms with Crippen molar-refractivity contribution >= 4 is 6.09 Å². The summed E-state index contributed by atoms with van der Waals surface area (Å²) in [4.78, 5) is 13.6. The molecule has 1 saturated carbocycles. The Balaban J connectivity index is 1.59. The number of nitrogens with zero attached hydrogens (tertiary/aromatic N) is 1. The molecular formula is C18H31N3O2. The molecule has 3 N–H and O–H groups in total. The lowest BCUT2D eigenvalue weighted by atomic mass is 10.1. The van der Waals surface area contributed by atoms with Gasteiger partial charge in [0.05, 0.1) is 0 Å². The van der Waals surface area contributed by atoms with Crippen molar-refractivity contribution in [3.8, 4) is 0 Å². The van der Waals surface area contributed by atoms with Gasteiger partial charge in [0.1, 0.15) is 0 Å². The van der Waals surface area contributed by atoms with Crippen LogP contribution in [0.5, 0.6) is 0 Å². The van der Waals surface area contributed by atoms with Crippen LogP contribution in [-0.2, 0) is 0 Å². The highest BCUT2D eigenvalue weighted by atomic mass is 16.4. The molecule has 0 aromatic carbocycles. The molecule has 0 aromatic rings. The smallest absolute Gasteiger partial charge is 0.404 e. The summed E-state index contributed by atoms with van der Waals surface area (Å²) in [6, 6.07) is 1.32. The SMILES string of the molecule is O=C(O)NC1CCCCCC=CC2CC2NCC2CCCN2C1. The minimum Gasteiger partial charge on any atom is -0.465 e. The Kier molecular flexibility index (Phi) is 5.95. The number of hydrogen-bond donors (Lipinski definition) is 3. The lowest BCUT2D eigenvalue weighted by Crippen LogP contribution is -2.47. The Hall–Kier alpha value is -1.07. The van der Waals surface area contributed by atoms with Crippen LogP contribution < -0.4 is 10.6 Å². The third kappa shape index (κ3) is 5.21. The van der Waals surface area contributed by atoms with Crippen molar-refractivity contribution in [2.75, 3.05) is 19.6 Å². The summed E-state index contributed by atoms with van der Waals surface area (Å²) in [5.41, 5.74) is 0. The molecule has 3 rings (SSSR count). The maximum Gasteiger partial charge on any atom is 0.404 e. The maximum absolute atomic E-state index is 11.1. The van der Waals surface area contributed by atoms with E-state index < -0.39 is 6.09 Å². The molecule has 5 heteroatoms. The average molecular weight is 321 g/mol. The first-order valence-corrected chi connectivity index (χ1v) is 9.36. The fourth-order valence-electron chi connectivity index (χ4n) is 4.08. The van der Waals surface area contributed by atoms with Crippen LogP contribution in [0.1, 0.15) is 51.4 Å². The van der Waals surface area contributed by atoms with Crippen molar-refractivity contribution in [2.24, 2.45) is 5.92 Å². The molecule has 4 unspecified atom stereocenters. The third-order valence-electron chi connectivity index (χ3n) is 5.54. The molecule has 0 radical (unpaired) electrons. The van der Waals surface area contributed by atoms with Gasteiger partial charge in [-0.2, -0.15) is 0 Å². The van der Waals surface area contributed by atoms with Gasteiger partial charge < -0.3 is 15.7 Å². The Morgan fingerprint density at radius 2 is 2.13 bits per heavy atom. The molecule has 0 spiro atoms. The fraction of sp³-hybridized carbons (Fsp3) is 0.833. The molecule has 23 heavy (non-hydrogen) atoms. The van der Waals surface area contributed by atoms with Crippen LogP contribution in [0.2, 0.25) is 0 Å². The molecule has 1 amide bonds. The van der Waals surface area contributed by atoms with Crippen molar-refractivity contribution in [3.63, 3.8) is 0 Å². The van der Waals surface area contributed by atoms with Gasteiger partial charge >= 0.3 is 6.09 Å². The Morgan fingerprint density at radius 1 is 1.22 bits per heavy atom. The van der Waals surface area contributed by atoms with Crippen LogP contribution in [-0.4, -0.2) is 53.9 Å². The minimum atomic E-state index is -0.884. The predicted molar refractivity (Wildman–Crippen MR) is 91.7 cm³/mol. The number of carbonyl (C=O) groups is 1. The maximum atomic E-state index is 11.1. The van der Waals surface area contributed by atoms with E-state index in [2.05, 4.69) is 27.7 Å². The van der Waals surface area contributed by atoms with Gasteiger partial charge in [-0.05, 0) is 51.0 Å². The summed E-state index contributed by atoms with van der Waals surface area (Å²) < 4.78 is 0. The lowest BCUT2D eigenvalue weighted by molar-refractivity contribution is 0.174. The van der Waals surface area contributed by atoms with Crippen molar-refractivity contribution in [2.45, 2.75) is 69.5 Å². The third-order valence-corrected chi connectivity index (χ3v) is 5.54. The van der Waals surface area contributed by atoms with Crippen LogP contribution >= 0.6 is 0 Å². The summed E-state index contributed by atoms with van der Waals surface area (Å²) in [6.45, 7) is 3.03. The van der Waals surface area contributed by atoms with Gasteiger partial charge in [0.15, 0.2) is 0 Å². The van der Waals surface area contributed by atoms with Crippen molar-refractivity contribution in [3.05, 3.63) is 12.2 Å². The second kappa shape index (κ2) is 8.15. The summed E-state index contributed by atoms with van der Waals surface area (Å²) in [6.07, 6.45) is 13.3. The van der Waals surface area contributed by atoms with E-state index in [0.29, 0.717) is 12.1 Å². The Morgan fingerprint density at radius 3 is 3.00 bits per heavy atom. The quantitative estimate of drug-likeness (QED) is 0.650. The zero-order valence-electron chi connectivity index (χ0n) is 14.0. The van der Waals surface area contributed by atoms with E-state index in [1.807, 2.05) is 0 Å². The predicted octanol–water partition coefficient (Wildman–Crippen LogP) is 2.59. The first kappa shape index (κ1) is 16.8. The van der Waals surface area contributed by atoms with Crippen molar-refractivity contribution in [1.82, 2.24) is 15.5 Å². The zero-order valence-corrected chi connectivity index (χ0v) is 14.0. The largest absolute Gasteiger partial charge is 0.465 e. The number of carboxylic acid groups (broad SMARTS) is 1. The molecule has 2 aliphatic heterocycles. The highest BCUT2D eigenvalue weighted by Crippen LogP contribution is 2.32.